The lowest BCUT2D eigenvalue weighted by atomic mass is 10.1. The van der Waals surface area contributed by atoms with E-state index < -0.39 is 5.97 Å². The third-order valence-corrected chi connectivity index (χ3v) is 5.12. The van der Waals surface area contributed by atoms with Gasteiger partial charge in [-0.3, -0.25) is 0 Å². The lowest BCUT2D eigenvalue weighted by molar-refractivity contribution is -0.145. The van der Waals surface area contributed by atoms with E-state index in [1.807, 2.05) is 30.3 Å². The predicted molar refractivity (Wildman–Crippen MR) is 132 cm³/mol. The molecule has 1 aromatic heterocycles. The van der Waals surface area contributed by atoms with E-state index in [4.69, 9.17) is 9.47 Å². The van der Waals surface area contributed by atoms with E-state index in [2.05, 4.69) is 15.6 Å². The number of fused-ring (bicyclic) bond motifs is 1. The van der Waals surface area contributed by atoms with Crippen LogP contribution >= 0.6 is 0 Å². The second kappa shape index (κ2) is 11.1. The molecule has 0 saturated carbocycles. The van der Waals surface area contributed by atoms with Gasteiger partial charge in [0, 0.05) is 29.2 Å². The van der Waals surface area contributed by atoms with Gasteiger partial charge >= 0.3 is 12.0 Å². The van der Waals surface area contributed by atoms with Gasteiger partial charge in [-0.25, -0.2) is 19.0 Å². The summed E-state index contributed by atoms with van der Waals surface area (Å²) in [5.74, 6) is -0.472. The van der Waals surface area contributed by atoms with Crippen LogP contribution in [-0.4, -0.2) is 30.2 Å². The number of hydrogen-bond acceptors (Lipinski definition) is 5. The minimum absolute atomic E-state index is 0.242. The molecule has 8 heteroatoms. The number of halogens is 1. The summed E-state index contributed by atoms with van der Waals surface area (Å²) >= 11 is 0. The molecule has 0 spiro atoms. The molecule has 0 aliphatic carbocycles. The highest BCUT2D eigenvalue weighted by atomic mass is 19.1. The van der Waals surface area contributed by atoms with Crippen molar-refractivity contribution in [1.82, 2.24) is 10.3 Å². The van der Waals surface area contributed by atoms with Crippen LogP contribution in [0.25, 0.3) is 22.2 Å². The Labute approximate surface area is 201 Å². The van der Waals surface area contributed by atoms with Crippen molar-refractivity contribution in [3.63, 3.8) is 0 Å². The molecule has 4 rings (SSSR count). The number of nitrogens with one attached hydrogen (secondary N) is 2. The first-order chi connectivity index (χ1) is 17.0. The fraction of sp³-hybridized carbons (Fsp3) is 0.148. The van der Waals surface area contributed by atoms with Crippen LogP contribution in [0.15, 0.2) is 78.9 Å². The van der Waals surface area contributed by atoms with Crippen molar-refractivity contribution in [1.29, 1.82) is 0 Å². The second-order valence-electron chi connectivity index (χ2n) is 7.63. The standard InChI is InChI=1S/C27H24FN3O4/c1-2-34-26(32)17-35-25-15-24(19-8-10-20(28)11-9-19)31-23-13-12-21(14-22(23)25)30-27(33)29-16-18-6-4-3-5-7-18/h3-15H,2,16-17H2,1H3,(H2,29,30,33). The van der Waals surface area contributed by atoms with E-state index in [0.717, 1.165) is 5.56 Å². The highest BCUT2D eigenvalue weighted by Crippen LogP contribution is 2.32. The van der Waals surface area contributed by atoms with Gasteiger partial charge in [-0.1, -0.05) is 30.3 Å². The number of benzene rings is 3. The van der Waals surface area contributed by atoms with Crippen molar-refractivity contribution in [2.24, 2.45) is 0 Å². The van der Waals surface area contributed by atoms with Crippen LogP contribution in [0.5, 0.6) is 5.75 Å². The molecule has 1 heterocycles. The third kappa shape index (κ3) is 6.32. The second-order valence-corrected chi connectivity index (χ2v) is 7.63. The molecule has 2 amide bonds. The molecular formula is C27H24FN3O4. The number of esters is 1. The summed E-state index contributed by atoms with van der Waals surface area (Å²) < 4.78 is 24.1. The van der Waals surface area contributed by atoms with Gasteiger partial charge in [0.15, 0.2) is 6.61 Å². The van der Waals surface area contributed by atoms with Gasteiger partial charge in [-0.2, -0.15) is 0 Å². The predicted octanol–water partition coefficient (Wildman–Crippen LogP) is 5.30. The molecule has 7 nitrogen and oxygen atoms in total. The Morgan fingerprint density at radius 2 is 1.74 bits per heavy atom. The molecule has 2 N–H and O–H groups in total. The highest BCUT2D eigenvalue weighted by molar-refractivity contribution is 5.95. The zero-order valence-corrected chi connectivity index (χ0v) is 19.1. The molecule has 0 bridgehead atoms. The van der Waals surface area contributed by atoms with E-state index in [9.17, 15) is 14.0 Å². The zero-order chi connectivity index (χ0) is 24.6. The monoisotopic (exact) mass is 473 g/mol. The smallest absolute Gasteiger partial charge is 0.344 e. The van der Waals surface area contributed by atoms with E-state index in [0.29, 0.717) is 40.1 Å². The van der Waals surface area contributed by atoms with Crippen LogP contribution < -0.4 is 15.4 Å². The summed E-state index contributed by atoms with van der Waals surface area (Å²) in [6.45, 7) is 2.06. The SMILES string of the molecule is CCOC(=O)COc1cc(-c2ccc(F)cc2)nc2ccc(NC(=O)NCc3ccccc3)cc12. The van der Waals surface area contributed by atoms with Crippen LogP contribution in [0.2, 0.25) is 0 Å². The first-order valence-corrected chi connectivity index (χ1v) is 11.1. The minimum Gasteiger partial charge on any atom is -0.481 e. The molecule has 35 heavy (non-hydrogen) atoms. The lowest BCUT2D eigenvalue weighted by Crippen LogP contribution is -2.28. The molecule has 0 aliphatic heterocycles. The van der Waals surface area contributed by atoms with Crippen molar-refractivity contribution in [3.8, 4) is 17.0 Å². The number of carbonyl (C=O) groups is 2. The van der Waals surface area contributed by atoms with Crippen LogP contribution in [0.4, 0.5) is 14.9 Å². The Morgan fingerprint density at radius 3 is 2.49 bits per heavy atom. The number of pyridine rings is 1. The number of rotatable bonds is 8. The maximum absolute atomic E-state index is 13.4. The van der Waals surface area contributed by atoms with E-state index in [-0.39, 0.29) is 25.1 Å². The average molecular weight is 474 g/mol. The molecule has 0 aliphatic rings. The summed E-state index contributed by atoms with van der Waals surface area (Å²) in [6, 6.07) is 22.0. The summed E-state index contributed by atoms with van der Waals surface area (Å²) in [5.41, 5.74) is 3.34. The van der Waals surface area contributed by atoms with Gasteiger partial charge in [0.25, 0.3) is 0 Å². The summed E-state index contributed by atoms with van der Waals surface area (Å²) in [5, 5.41) is 6.21. The number of hydrogen-bond donors (Lipinski definition) is 2. The van der Waals surface area contributed by atoms with Gasteiger partial charge < -0.3 is 20.1 Å². The van der Waals surface area contributed by atoms with Crippen molar-refractivity contribution >= 4 is 28.6 Å². The normalized spacial score (nSPS) is 10.6. The van der Waals surface area contributed by atoms with Gasteiger partial charge in [-0.05, 0) is 55.0 Å². The van der Waals surface area contributed by atoms with Crippen LogP contribution in [0.3, 0.4) is 0 Å². The summed E-state index contributed by atoms with van der Waals surface area (Å²) in [4.78, 5) is 28.9. The number of amides is 2. The number of urea groups is 1. The van der Waals surface area contributed by atoms with E-state index >= 15 is 0 Å². The van der Waals surface area contributed by atoms with E-state index in [1.54, 1.807) is 43.3 Å². The Kier molecular flexibility index (Phi) is 7.52. The zero-order valence-electron chi connectivity index (χ0n) is 19.1. The van der Waals surface area contributed by atoms with Crippen LogP contribution in [0.1, 0.15) is 12.5 Å². The number of carbonyl (C=O) groups excluding carboxylic acids is 2. The van der Waals surface area contributed by atoms with Gasteiger partial charge in [0.1, 0.15) is 11.6 Å². The maximum atomic E-state index is 13.4. The molecule has 0 saturated heterocycles. The number of anilines is 1. The topological polar surface area (TPSA) is 89.6 Å². The Bertz CT molecular complexity index is 1330. The van der Waals surface area contributed by atoms with Gasteiger partial charge in [-0.15, -0.1) is 0 Å². The quantitative estimate of drug-likeness (QED) is 0.339. The van der Waals surface area contributed by atoms with Crippen molar-refractivity contribution in [2.75, 3.05) is 18.5 Å². The molecule has 0 fully saturated rings. The molecule has 3 aromatic carbocycles. The van der Waals surface area contributed by atoms with E-state index in [1.165, 1.54) is 12.1 Å². The number of nitrogens with zero attached hydrogens (tertiary/aromatic N) is 1. The third-order valence-electron chi connectivity index (χ3n) is 5.12. The summed E-state index contributed by atoms with van der Waals surface area (Å²) in [7, 11) is 0. The Balaban J connectivity index is 1.59. The first-order valence-electron chi connectivity index (χ1n) is 11.1. The van der Waals surface area contributed by atoms with Gasteiger partial charge in [0.05, 0.1) is 17.8 Å². The fourth-order valence-corrected chi connectivity index (χ4v) is 3.45. The van der Waals surface area contributed by atoms with Crippen LogP contribution in [-0.2, 0) is 16.1 Å². The van der Waals surface area contributed by atoms with Crippen molar-refractivity contribution in [2.45, 2.75) is 13.5 Å². The highest BCUT2D eigenvalue weighted by Gasteiger charge is 2.13. The number of ether oxygens (including phenoxy) is 2. The van der Waals surface area contributed by atoms with Gasteiger partial charge in [0.2, 0.25) is 0 Å². The largest absolute Gasteiger partial charge is 0.481 e. The van der Waals surface area contributed by atoms with Crippen molar-refractivity contribution in [3.05, 3.63) is 90.2 Å². The minimum atomic E-state index is -0.504. The molecule has 4 aromatic rings. The Morgan fingerprint density at radius 1 is 0.971 bits per heavy atom. The average Bonchev–Trinajstić information content (AvgIpc) is 2.87. The lowest BCUT2D eigenvalue weighted by Gasteiger charge is -2.13. The summed E-state index contributed by atoms with van der Waals surface area (Å²) in [6.07, 6.45) is 0. The molecular weight excluding hydrogens is 449 g/mol. The van der Waals surface area contributed by atoms with Crippen LogP contribution in [0, 0.1) is 5.82 Å². The maximum Gasteiger partial charge on any atom is 0.344 e. The Hall–Kier alpha value is -4.46. The van der Waals surface area contributed by atoms with Crippen molar-refractivity contribution < 1.29 is 23.5 Å². The first kappa shape index (κ1) is 23.7. The fourth-order valence-electron chi connectivity index (χ4n) is 3.45. The number of aromatic nitrogens is 1. The molecule has 178 valence electrons. The molecule has 0 atom stereocenters. The molecule has 0 unspecified atom stereocenters. The molecule has 0 radical (unpaired) electrons.